The third kappa shape index (κ3) is 5.01. The number of hydrogen-bond acceptors (Lipinski definition) is 7. The van der Waals surface area contributed by atoms with Crippen molar-refractivity contribution in [3.63, 3.8) is 0 Å². The lowest BCUT2D eigenvalue weighted by Gasteiger charge is -2.32. The SMILES string of the molecule is CN1CCN(c2ncc(/C=C(/CCCC(=O)O)c3nc4ccccc4s3)cn2)CC1. The first kappa shape index (κ1) is 20.4. The number of carbonyl (C=O) groups is 1. The zero-order chi connectivity index (χ0) is 20.9. The Labute approximate surface area is 179 Å². The van der Waals surface area contributed by atoms with Crippen molar-refractivity contribution in [3.05, 3.63) is 47.2 Å². The second-order valence-corrected chi connectivity index (χ2v) is 8.54. The highest BCUT2D eigenvalue weighted by molar-refractivity contribution is 7.19. The fourth-order valence-electron chi connectivity index (χ4n) is 3.46. The van der Waals surface area contributed by atoms with E-state index >= 15 is 0 Å². The quantitative estimate of drug-likeness (QED) is 0.621. The monoisotopic (exact) mass is 423 g/mol. The fourth-order valence-corrected chi connectivity index (χ4v) is 4.47. The Balaban J connectivity index is 1.56. The van der Waals surface area contributed by atoms with Gasteiger partial charge in [0.25, 0.3) is 0 Å². The number of aliphatic carboxylic acids is 1. The van der Waals surface area contributed by atoms with E-state index in [0.29, 0.717) is 12.8 Å². The highest BCUT2D eigenvalue weighted by Crippen LogP contribution is 2.31. The average Bonchev–Trinajstić information content (AvgIpc) is 3.18. The lowest BCUT2D eigenvalue weighted by molar-refractivity contribution is -0.137. The molecule has 156 valence electrons. The summed E-state index contributed by atoms with van der Waals surface area (Å²) in [5.74, 6) is -0.0221. The summed E-state index contributed by atoms with van der Waals surface area (Å²) in [5, 5.41) is 9.93. The molecule has 0 radical (unpaired) electrons. The Morgan fingerprint density at radius 2 is 1.87 bits per heavy atom. The van der Waals surface area contributed by atoms with Crippen LogP contribution in [0.3, 0.4) is 0 Å². The number of aromatic nitrogens is 3. The molecule has 1 aliphatic rings. The normalized spacial score (nSPS) is 15.6. The van der Waals surface area contributed by atoms with Crippen molar-refractivity contribution in [1.29, 1.82) is 0 Å². The molecule has 8 heteroatoms. The largest absolute Gasteiger partial charge is 0.481 e. The minimum absolute atomic E-state index is 0.140. The van der Waals surface area contributed by atoms with Gasteiger partial charge in [-0.1, -0.05) is 12.1 Å². The number of allylic oxidation sites excluding steroid dienone is 1. The maximum atomic E-state index is 11.0. The molecule has 0 unspecified atom stereocenters. The Morgan fingerprint density at radius 3 is 2.57 bits per heavy atom. The van der Waals surface area contributed by atoms with E-state index in [1.807, 2.05) is 36.7 Å². The number of likely N-dealkylation sites (N-methyl/N-ethyl adjacent to an activating group) is 1. The summed E-state index contributed by atoms with van der Waals surface area (Å²) in [6.07, 6.45) is 7.06. The molecule has 1 saturated heterocycles. The molecular weight excluding hydrogens is 398 g/mol. The topological polar surface area (TPSA) is 82.5 Å². The molecule has 2 aromatic heterocycles. The molecule has 3 aromatic rings. The molecule has 1 N–H and O–H groups in total. The number of carboxylic acids is 1. The van der Waals surface area contributed by atoms with Crippen LogP contribution in [0.4, 0.5) is 5.95 Å². The molecule has 0 aliphatic carbocycles. The summed E-state index contributed by atoms with van der Waals surface area (Å²) in [4.78, 5) is 29.4. The van der Waals surface area contributed by atoms with Gasteiger partial charge in [-0.3, -0.25) is 4.79 Å². The molecule has 0 spiro atoms. The Hall–Kier alpha value is -2.84. The number of para-hydroxylation sites is 1. The minimum atomic E-state index is -0.779. The van der Waals surface area contributed by atoms with Crippen LogP contribution in [0.15, 0.2) is 36.7 Å². The Bertz CT molecular complexity index is 1010. The molecule has 1 aromatic carbocycles. The summed E-state index contributed by atoms with van der Waals surface area (Å²) in [6, 6.07) is 8.03. The summed E-state index contributed by atoms with van der Waals surface area (Å²) < 4.78 is 1.12. The number of rotatable bonds is 7. The lowest BCUT2D eigenvalue weighted by Crippen LogP contribution is -2.45. The highest BCUT2D eigenvalue weighted by Gasteiger charge is 2.16. The number of benzene rings is 1. The van der Waals surface area contributed by atoms with Crippen LogP contribution in [0.1, 0.15) is 29.8 Å². The van der Waals surface area contributed by atoms with Crippen molar-refractivity contribution in [2.75, 3.05) is 38.1 Å². The molecular formula is C22H25N5O2S. The first-order valence-electron chi connectivity index (χ1n) is 10.1. The lowest BCUT2D eigenvalue weighted by atomic mass is 10.1. The molecule has 3 heterocycles. The molecule has 7 nitrogen and oxygen atoms in total. The van der Waals surface area contributed by atoms with Gasteiger partial charge in [0.1, 0.15) is 5.01 Å². The average molecular weight is 424 g/mol. The van der Waals surface area contributed by atoms with Gasteiger partial charge in [0.2, 0.25) is 5.95 Å². The van der Waals surface area contributed by atoms with Crippen molar-refractivity contribution in [1.82, 2.24) is 19.9 Å². The predicted molar refractivity (Wildman–Crippen MR) is 121 cm³/mol. The molecule has 0 bridgehead atoms. The zero-order valence-electron chi connectivity index (χ0n) is 17.0. The van der Waals surface area contributed by atoms with Gasteiger partial charge < -0.3 is 14.9 Å². The van der Waals surface area contributed by atoms with Crippen LogP contribution >= 0.6 is 11.3 Å². The van der Waals surface area contributed by atoms with Crippen LogP contribution in [0.25, 0.3) is 21.9 Å². The van der Waals surface area contributed by atoms with E-state index in [0.717, 1.165) is 58.5 Å². The Morgan fingerprint density at radius 1 is 1.13 bits per heavy atom. The van der Waals surface area contributed by atoms with Gasteiger partial charge in [0.15, 0.2) is 0 Å². The summed E-state index contributed by atoms with van der Waals surface area (Å²) in [7, 11) is 2.13. The van der Waals surface area contributed by atoms with E-state index in [2.05, 4.69) is 32.9 Å². The van der Waals surface area contributed by atoms with Crippen molar-refractivity contribution in [2.24, 2.45) is 0 Å². The molecule has 4 rings (SSSR count). The summed E-state index contributed by atoms with van der Waals surface area (Å²) in [6.45, 7) is 3.88. The molecule has 0 atom stereocenters. The number of anilines is 1. The van der Waals surface area contributed by atoms with Gasteiger partial charge in [-0.15, -0.1) is 11.3 Å². The van der Waals surface area contributed by atoms with Crippen molar-refractivity contribution in [2.45, 2.75) is 19.3 Å². The second-order valence-electron chi connectivity index (χ2n) is 7.51. The van der Waals surface area contributed by atoms with E-state index in [1.165, 1.54) is 0 Å². The van der Waals surface area contributed by atoms with Crippen LogP contribution in [0.5, 0.6) is 0 Å². The van der Waals surface area contributed by atoms with Crippen molar-refractivity contribution < 1.29 is 9.90 Å². The number of fused-ring (bicyclic) bond motifs is 1. The van der Waals surface area contributed by atoms with E-state index < -0.39 is 5.97 Å². The van der Waals surface area contributed by atoms with E-state index in [1.54, 1.807) is 11.3 Å². The third-order valence-electron chi connectivity index (χ3n) is 5.19. The standard InChI is InChI=1S/C22H25N5O2S/c1-26-9-11-27(12-10-26)22-23-14-16(15-24-22)13-17(5-4-8-20(28)29)21-25-18-6-2-3-7-19(18)30-21/h2-3,6-7,13-15H,4-5,8-12H2,1H3,(H,28,29)/b17-13-. The van der Waals surface area contributed by atoms with Gasteiger partial charge in [-0.05, 0) is 43.7 Å². The van der Waals surface area contributed by atoms with Crippen LogP contribution in [0.2, 0.25) is 0 Å². The van der Waals surface area contributed by atoms with E-state index in [9.17, 15) is 4.79 Å². The number of thiazole rings is 1. The third-order valence-corrected chi connectivity index (χ3v) is 6.30. The molecule has 0 saturated carbocycles. The molecule has 1 fully saturated rings. The smallest absolute Gasteiger partial charge is 0.303 e. The van der Waals surface area contributed by atoms with Crippen LogP contribution < -0.4 is 4.90 Å². The molecule has 1 aliphatic heterocycles. The van der Waals surface area contributed by atoms with Gasteiger partial charge in [0.05, 0.1) is 10.2 Å². The van der Waals surface area contributed by atoms with E-state index in [4.69, 9.17) is 10.1 Å². The number of hydrogen-bond donors (Lipinski definition) is 1. The van der Waals surface area contributed by atoms with Gasteiger partial charge in [-0.25, -0.2) is 15.0 Å². The maximum absolute atomic E-state index is 11.0. The Kier molecular flexibility index (Phi) is 6.35. The minimum Gasteiger partial charge on any atom is -0.481 e. The second kappa shape index (κ2) is 9.32. The van der Waals surface area contributed by atoms with Crippen LogP contribution in [0, 0.1) is 0 Å². The number of nitrogens with zero attached hydrogens (tertiary/aromatic N) is 5. The maximum Gasteiger partial charge on any atom is 0.303 e. The summed E-state index contributed by atoms with van der Waals surface area (Å²) in [5.41, 5.74) is 2.88. The number of carboxylic acid groups (broad SMARTS) is 1. The first-order chi connectivity index (χ1) is 14.6. The van der Waals surface area contributed by atoms with Crippen molar-refractivity contribution in [3.8, 4) is 0 Å². The fraction of sp³-hybridized carbons (Fsp3) is 0.364. The molecule has 0 amide bonds. The highest BCUT2D eigenvalue weighted by atomic mass is 32.1. The van der Waals surface area contributed by atoms with Gasteiger partial charge in [0, 0.05) is 50.6 Å². The zero-order valence-corrected chi connectivity index (χ0v) is 17.8. The van der Waals surface area contributed by atoms with Crippen LogP contribution in [-0.2, 0) is 4.79 Å². The predicted octanol–water partition coefficient (Wildman–Crippen LogP) is 3.63. The summed E-state index contributed by atoms with van der Waals surface area (Å²) >= 11 is 1.63. The van der Waals surface area contributed by atoms with Crippen molar-refractivity contribution >= 4 is 45.1 Å². The van der Waals surface area contributed by atoms with Gasteiger partial charge in [-0.2, -0.15) is 0 Å². The first-order valence-corrected chi connectivity index (χ1v) is 10.9. The number of piperazine rings is 1. The molecule has 30 heavy (non-hydrogen) atoms. The van der Waals surface area contributed by atoms with E-state index in [-0.39, 0.29) is 6.42 Å². The van der Waals surface area contributed by atoms with Crippen LogP contribution in [-0.4, -0.2) is 64.2 Å². The van der Waals surface area contributed by atoms with Gasteiger partial charge >= 0.3 is 5.97 Å².